The van der Waals surface area contributed by atoms with E-state index < -0.39 is 9.73 Å². The van der Waals surface area contributed by atoms with Crippen LogP contribution < -0.4 is 5.56 Å². The molecule has 2 saturated carbocycles. The molecule has 6 rings (SSSR count). The Morgan fingerprint density at radius 1 is 1.05 bits per heavy atom. The van der Waals surface area contributed by atoms with E-state index in [-0.39, 0.29) is 11.6 Å². The summed E-state index contributed by atoms with van der Waals surface area (Å²) in [5, 5.41) is 0. The Labute approximate surface area is 221 Å². The van der Waals surface area contributed by atoms with Crippen LogP contribution in [-0.4, -0.2) is 40.0 Å². The molecule has 3 aromatic heterocycles. The summed E-state index contributed by atoms with van der Waals surface area (Å²) in [5.41, 5.74) is 5.24. The fourth-order valence-electron chi connectivity index (χ4n) is 5.11. The highest BCUT2D eigenvalue weighted by atomic mass is 32.2. The van der Waals surface area contributed by atoms with E-state index in [1.54, 1.807) is 24.7 Å². The molecule has 3 heterocycles. The summed E-state index contributed by atoms with van der Waals surface area (Å²) in [6.07, 6.45) is 10.2. The molecule has 0 aliphatic heterocycles. The van der Waals surface area contributed by atoms with E-state index >= 15 is 0 Å². The number of aryl methyl sites for hydroxylation is 3. The lowest BCUT2D eigenvalue weighted by Gasteiger charge is -2.18. The average Bonchev–Trinajstić information content (AvgIpc) is 3.80. The van der Waals surface area contributed by atoms with Gasteiger partial charge in [-0.2, -0.15) is 0 Å². The van der Waals surface area contributed by atoms with E-state index in [1.807, 2.05) is 23.6 Å². The van der Waals surface area contributed by atoms with Gasteiger partial charge in [-0.25, -0.2) is 33.9 Å². The highest BCUT2D eigenvalue weighted by Gasteiger charge is 2.33. The predicted molar refractivity (Wildman–Crippen MR) is 146 cm³/mol. The second-order valence-corrected chi connectivity index (χ2v) is 12.9. The van der Waals surface area contributed by atoms with E-state index in [0.29, 0.717) is 52.3 Å². The number of hydrogen-bond acceptors (Lipinski definition) is 8. The number of benzene rings is 1. The van der Waals surface area contributed by atoms with E-state index in [1.165, 1.54) is 6.26 Å². The molecule has 2 aliphatic rings. The van der Waals surface area contributed by atoms with Crippen molar-refractivity contribution >= 4 is 20.9 Å². The molecule has 196 valence electrons. The summed E-state index contributed by atoms with van der Waals surface area (Å²) in [6, 6.07) is 7.21. The molecule has 0 radical (unpaired) electrons. The lowest BCUT2D eigenvalue weighted by atomic mass is 10.1. The Balaban J connectivity index is 1.40. The maximum Gasteiger partial charge on any atom is 0.274 e. The average molecular weight is 530 g/mol. The summed E-state index contributed by atoms with van der Waals surface area (Å²) in [5.74, 6) is 1.41. The molecule has 0 spiro atoms. The number of aromatic nitrogens is 6. The zero-order valence-electron chi connectivity index (χ0n) is 21.8. The van der Waals surface area contributed by atoms with Crippen molar-refractivity contribution < 1.29 is 4.21 Å². The number of nitrogens with zero attached hydrogens (tertiary/aromatic N) is 6. The van der Waals surface area contributed by atoms with Gasteiger partial charge in [-0.05, 0) is 76.0 Å². The van der Waals surface area contributed by atoms with E-state index in [4.69, 9.17) is 14.7 Å². The smallest absolute Gasteiger partial charge is 0.274 e. The molecule has 9 nitrogen and oxygen atoms in total. The second kappa shape index (κ2) is 9.34. The first-order valence-corrected chi connectivity index (χ1v) is 15.1. The number of nitrogens with one attached hydrogen (secondary N) is 1. The number of fused-ring (bicyclic) bond motifs is 1. The Morgan fingerprint density at radius 2 is 1.79 bits per heavy atom. The van der Waals surface area contributed by atoms with Crippen LogP contribution in [0.5, 0.6) is 0 Å². The SMILES string of the molecule is Cc1ncnc(C2CC2)c1-c1ncc2nc(CCc3ccc(S(C)(=N)=O)cc3)c(=O)n([C@@H](C)C3CC3)c2n1. The zero-order chi connectivity index (χ0) is 26.6. The van der Waals surface area contributed by atoms with Crippen molar-refractivity contribution in [2.45, 2.75) is 69.2 Å². The molecule has 38 heavy (non-hydrogen) atoms. The Hall–Kier alpha value is -3.53. The van der Waals surface area contributed by atoms with Crippen molar-refractivity contribution in [3.63, 3.8) is 0 Å². The first-order valence-electron chi connectivity index (χ1n) is 13.1. The second-order valence-electron chi connectivity index (χ2n) is 10.7. The minimum Gasteiger partial charge on any atom is -0.287 e. The van der Waals surface area contributed by atoms with Crippen LogP contribution in [0.2, 0.25) is 0 Å². The maximum absolute atomic E-state index is 13.8. The van der Waals surface area contributed by atoms with Crippen LogP contribution >= 0.6 is 0 Å². The van der Waals surface area contributed by atoms with Crippen molar-refractivity contribution in [3.05, 3.63) is 69.8 Å². The van der Waals surface area contributed by atoms with E-state index in [0.717, 1.165) is 48.2 Å². The normalized spacial score (nSPS) is 17.9. The standard InChI is InChI=1S/C28H31N7O2S/c1-16-24(25(20-9-10-20)32-15-31-16)26-30-14-23-27(34-26)35(17(2)19-7-8-19)28(36)22(33-23)13-6-18-4-11-21(12-5-18)38(3,29)37/h4-5,11-12,14-15,17,19-20,29H,6-10,13H2,1-3H3/t17-,38?/m0/s1. The number of hydrogen-bond donors (Lipinski definition) is 1. The van der Waals surface area contributed by atoms with Crippen molar-refractivity contribution in [1.29, 1.82) is 4.78 Å². The van der Waals surface area contributed by atoms with Crippen molar-refractivity contribution in [2.24, 2.45) is 5.92 Å². The van der Waals surface area contributed by atoms with Crippen LogP contribution in [0.25, 0.3) is 22.6 Å². The van der Waals surface area contributed by atoms with Crippen molar-refractivity contribution in [3.8, 4) is 11.4 Å². The highest BCUT2D eigenvalue weighted by Crippen LogP contribution is 2.43. The maximum atomic E-state index is 13.8. The van der Waals surface area contributed by atoms with Crippen LogP contribution in [0.4, 0.5) is 0 Å². The largest absolute Gasteiger partial charge is 0.287 e. The van der Waals surface area contributed by atoms with Gasteiger partial charge in [0.05, 0.1) is 32.9 Å². The lowest BCUT2D eigenvalue weighted by Crippen LogP contribution is -2.30. The summed E-state index contributed by atoms with van der Waals surface area (Å²) in [6.45, 7) is 4.05. The monoisotopic (exact) mass is 529 g/mol. The molecule has 1 aromatic carbocycles. The van der Waals surface area contributed by atoms with Gasteiger partial charge < -0.3 is 0 Å². The highest BCUT2D eigenvalue weighted by molar-refractivity contribution is 7.91. The summed E-state index contributed by atoms with van der Waals surface area (Å²) in [4.78, 5) is 37.6. The third-order valence-corrected chi connectivity index (χ3v) is 8.86. The minimum absolute atomic E-state index is 0.0135. The van der Waals surface area contributed by atoms with Gasteiger partial charge in [0.1, 0.15) is 17.5 Å². The van der Waals surface area contributed by atoms with Gasteiger partial charge in [-0.3, -0.25) is 9.36 Å². The molecule has 10 heteroatoms. The molecule has 2 aliphatic carbocycles. The van der Waals surface area contributed by atoms with Gasteiger partial charge in [0.15, 0.2) is 11.5 Å². The molecule has 1 N–H and O–H groups in total. The molecule has 1 unspecified atom stereocenters. The first-order chi connectivity index (χ1) is 18.2. The van der Waals surface area contributed by atoms with Crippen LogP contribution in [-0.2, 0) is 22.6 Å². The molecule has 2 fully saturated rings. The van der Waals surface area contributed by atoms with E-state index in [2.05, 4.69) is 21.9 Å². The summed E-state index contributed by atoms with van der Waals surface area (Å²) < 4.78 is 21.6. The van der Waals surface area contributed by atoms with E-state index in [9.17, 15) is 9.00 Å². The molecule has 4 aromatic rings. The topological polar surface area (TPSA) is 127 Å². The van der Waals surface area contributed by atoms with Crippen molar-refractivity contribution in [1.82, 2.24) is 29.5 Å². The molecule has 0 amide bonds. The molecule has 0 bridgehead atoms. The van der Waals surface area contributed by atoms with Gasteiger partial charge in [0, 0.05) is 23.1 Å². The first kappa shape index (κ1) is 24.8. The van der Waals surface area contributed by atoms with Crippen LogP contribution in [0.15, 0.2) is 46.5 Å². The van der Waals surface area contributed by atoms with Gasteiger partial charge in [0.2, 0.25) is 0 Å². The Kier molecular flexibility index (Phi) is 6.09. The molecular weight excluding hydrogens is 498 g/mol. The Morgan fingerprint density at radius 3 is 2.45 bits per heavy atom. The number of rotatable bonds is 8. The molecule has 0 saturated heterocycles. The third-order valence-electron chi connectivity index (χ3n) is 7.69. The molecule has 2 atom stereocenters. The van der Waals surface area contributed by atoms with Gasteiger partial charge in [-0.1, -0.05) is 12.1 Å². The minimum atomic E-state index is -2.75. The lowest BCUT2D eigenvalue weighted by molar-refractivity contribution is 0.478. The van der Waals surface area contributed by atoms with Gasteiger partial charge in [-0.15, -0.1) is 0 Å². The Bertz CT molecular complexity index is 1710. The third kappa shape index (κ3) is 4.73. The van der Waals surface area contributed by atoms with Crippen LogP contribution in [0.1, 0.15) is 67.2 Å². The van der Waals surface area contributed by atoms with Gasteiger partial charge in [0.25, 0.3) is 5.56 Å². The summed E-state index contributed by atoms with van der Waals surface area (Å²) in [7, 11) is -2.75. The predicted octanol–water partition coefficient (Wildman–Crippen LogP) is 4.62. The summed E-state index contributed by atoms with van der Waals surface area (Å²) >= 11 is 0. The molecular formula is C28H31N7O2S. The quantitative estimate of drug-likeness (QED) is 0.353. The zero-order valence-corrected chi connectivity index (χ0v) is 22.7. The van der Waals surface area contributed by atoms with Crippen molar-refractivity contribution in [2.75, 3.05) is 6.26 Å². The van der Waals surface area contributed by atoms with Crippen LogP contribution in [0, 0.1) is 17.6 Å². The van der Waals surface area contributed by atoms with Crippen LogP contribution in [0.3, 0.4) is 0 Å². The van der Waals surface area contributed by atoms with Gasteiger partial charge >= 0.3 is 0 Å². The fourth-order valence-corrected chi connectivity index (χ4v) is 5.77. The fraction of sp³-hybridized carbons (Fsp3) is 0.429.